The number of halogens is 1. The highest BCUT2D eigenvalue weighted by atomic mass is 35.5. The number of nitrogens with two attached hydrogens (primary N) is 1. The van der Waals surface area contributed by atoms with Crippen LogP contribution in [0.4, 0.5) is 0 Å². The summed E-state index contributed by atoms with van der Waals surface area (Å²) in [5.74, 6) is -0.811. The van der Waals surface area contributed by atoms with E-state index in [-0.39, 0.29) is 24.8 Å². The molecular weight excluding hydrogens is 390 g/mol. The van der Waals surface area contributed by atoms with Crippen molar-refractivity contribution in [3.05, 3.63) is 34.9 Å². The second-order valence-corrected chi connectivity index (χ2v) is 9.39. The van der Waals surface area contributed by atoms with Crippen molar-refractivity contribution in [1.82, 2.24) is 8.61 Å². The van der Waals surface area contributed by atoms with Crippen molar-refractivity contribution in [2.75, 3.05) is 19.6 Å². The van der Waals surface area contributed by atoms with E-state index in [1.165, 1.54) is 8.61 Å². The Hall–Kier alpha value is -1.48. The van der Waals surface area contributed by atoms with E-state index in [4.69, 9.17) is 17.3 Å². The number of hydrogen-bond donors (Lipinski definition) is 1. The number of nitrogens with zero attached hydrogens (tertiary/aromatic N) is 2. The Morgan fingerprint density at radius 2 is 1.63 bits per heavy atom. The SMILES string of the molecule is NC(=O)[C@H]1CCCCN1S(=O)(=O)N1CCC(C(=O)c2ccc(Cl)cc2)CC1. The first kappa shape index (κ1) is 20.3. The van der Waals surface area contributed by atoms with E-state index in [1.807, 2.05) is 0 Å². The summed E-state index contributed by atoms with van der Waals surface area (Å²) in [6.45, 7) is 0.822. The third kappa shape index (κ3) is 4.34. The molecule has 9 heteroatoms. The Morgan fingerprint density at radius 3 is 2.22 bits per heavy atom. The van der Waals surface area contributed by atoms with Gasteiger partial charge in [0.15, 0.2) is 5.78 Å². The maximum atomic E-state index is 13.0. The molecule has 0 radical (unpaired) electrons. The molecular formula is C18H24ClN3O4S. The lowest BCUT2D eigenvalue weighted by Gasteiger charge is -2.38. The number of carbonyl (C=O) groups excluding carboxylic acids is 2. The third-order valence-corrected chi connectivity index (χ3v) is 7.66. The van der Waals surface area contributed by atoms with Gasteiger partial charge in [-0.2, -0.15) is 17.0 Å². The zero-order chi connectivity index (χ0) is 19.6. The molecule has 1 amide bonds. The number of piperidine rings is 2. The normalized spacial score (nSPS) is 23.2. The minimum Gasteiger partial charge on any atom is -0.368 e. The van der Waals surface area contributed by atoms with E-state index in [1.54, 1.807) is 24.3 Å². The van der Waals surface area contributed by atoms with Gasteiger partial charge in [-0.25, -0.2) is 0 Å². The van der Waals surface area contributed by atoms with Crippen LogP contribution in [0.15, 0.2) is 24.3 Å². The number of benzene rings is 1. The Bertz CT molecular complexity index is 804. The summed E-state index contributed by atoms with van der Waals surface area (Å²) < 4.78 is 28.6. The largest absolute Gasteiger partial charge is 0.368 e. The van der Waals surface area contributed by atoms with E-state index >= 15 is 0 Å². The smallest absolute Gasteiger partial charge is 0.282 e. The molecule has 27 heavy (non-hydrogen) atoms. The van der Waals surface area contributed by atoms with Crippen LogP contribution < -0.4 is 5.73 Å². The first-order valence-electron chi connectivity index (χ1n) is 9.16. The second-order valence-electron chi connectivity index (χ2n) is 7.08. The summed E-state index contributed by atoms with van der Waals surface area (Å²) >= 11 is 5.86. The lowest BCUT2D eigenvalue weighted by Crippen LogP contribution is -2.56. The fourth-order valence-electron chi connectivity index (χ4n) is 3.81. The molecule has 2 aliphatic heterocycles. The van der Waals surface area contributed by atoms with Crippen LogP contribution in [0.25, 0.3) is 0 Å². The fourth-order valence-corrected chi connectivity index (χ4v) is 5.80. The van der Waals surface area contributed by atoms with E-state index in [0.717, 1.165) is 6.42 Å². The highest BCUT2D eigenvalue weighted by Gasteiger charge is 2.41. The minimum absolute atomic E-state index is 0.0108. The van der Waals surface area contributed by atoms with Crippen molar-refractivity contribution < 1.29 is 18.0 Å². The van der Waals surface area contributed by atoms with E-state index in [2.05, 4.69) is 0 Å². The molecule has 7 nitrogen and oxygen atoms in total. The van der Waals surface area contributed by atoms with Crippen LogP contribution in [0.1, 0.15) is 42.5 Å². The number of carbonyl (C=O) groups is 2. The molecule has 2 N–H and O–H groups in total. The molecule has 1 atom stereocenters. The summed E-state index contributed by atoms with van der Waals surface area (Å²) in [6, 6.07) is 5.96. The molecule has 1 aromatic rings. The number of ketones is 1. The average Bonchev–Trinajstić information content (AvgIpc) is 2.68. The molecule has 1 aromatic carbocycles. The van der Waals surface area contributed by atoms with Gasteiger partial charge in [-0.15, -0.1) is 0 Å². The van der Waals surface area contributed by atoms with Gasteiger partial charge in [-0.1, -0.05) is 18.0 Å². The Morgan fingerprint density at radius 1 is 1.00 bits per heavy atom. The highest BCUT2D eigenvalue weighted by Crippen LogP contribution is 2.28. The van der Waals surface area contributed by atoms with Crippen LogP contribution in [0, 0.1) is 5.92 Å². The van der Waals surface area contributed by atoms with Crippen LogP contribution in [-0.4, -0.2) is 54.4 Å². The fraction of sp³-hybridized carbons (Fsp3) is 0.556. The lowest BCUT2D eigenvalue weighted by atomic mass is 9.90. The van der Waals surface area contributed by atoms with Crippen molar-refractivity contribution >= 4 is 33.5 Å². The molecule has 2 fully saturated rings. The molecule has 0 unspecified atom stereocenters. The van der Waals surface area contributed by atoms with Gasteiger partial charge in [0.25, 0.3) is 10.2 Å². The van der Waals surface area contributed by atoms with Gasteiger partial charge < -0.3 is 5.73 Å². The van der Waals surface area contributed by atoms with Gasteiger partial charge in [-0.05, 0) is 49.9 Å². The number of rotatable bonds is 5. The summed E-state index contributed by atoms with van der Waals surface area (Å²) in [7, 11) is -3.76. The number of amides is 1. The maximum Gasteiger partial charge on any atom is 0.282 e. The summed E-state index contributed by atoms with van der Waals surface area (Å²) in [6.07, 6.45) is 2.87. The standard InChI is InChI=1S/C18H24ClN3O4S/c19-15-6-4-13(5-7-15)17(23)14-8-11-21(12-9-14)27(25,26)22-10-2-1-3-16(22)18(20)24/h4-7,14,16H,1-3,8-12H2,(H2,20,24)/t16-/m1/s1. The predicted octanol–water partition coefficient (Wildman–Crippen LogP) is 1.82. The average molecular weight is 414 g/mol. The zero-order valence-corrected chi connectivity index (χ0v) is 16.6. The van der Waals surface area contributed by atoms with Gasteiger partial charge in [0.2, 0.25) is 5.91 Å². The number of hydrogen-bond acceptors (Lipinski definition) is 4. The van der Waals surface area contributed by atoms with Gasteiger partial charge >= 0.3 is 0 Å². The monoisotopic (exact) mass is 413 g/mol. The van der Waals surface area contributed by atoms with Crippen LogP contribution >= 0.6 is 11.6 Å². The Kier molecular flexibility index (Phi) is 6.20. The minimum atomic E-state index is -3.76. The number of Topliss-reactive ketones (excluding diaryl/α,β-unsaturated/α-hetero) is 1. The lowest BCUT2D eigenvalue weighted by molar-refractivity contribution is -0.122. The van der Waals surface area contributed by atoms with Gasteiger partial charge in [0.1, 0.15) is 6.04 Å². The van der Waals surface area contributed by atoms with Crippen LogP contribution in [0.3, 0.4) is 0 Å². The van der Waals surface area contributed by atoms with Crippen molar-refractivity contribution in [2.45, 2.75) is 38.1 Å². The molecule has 0 spiro atoms. The van der Waals surface area contributed by atoms with E-state index < -0.39 is 22.2 Å². The Balaban J connectivity index is 1.66. The van der Waals surface area contributed by atoms with Crippen molar-refractivity contribution in [1.29, 1.82) is 0 Å². The van der Waals surface area contributed by atoms with Crippen LogP contribution in [0.5, 0.6) is 0 Å². The molecule has 3 rings (SSSR count). The van der Waals surface area contributed by atoms with Crippen LogP contribution in [-0.2, 0) is 15.0 Å². The summed E-state index contributed by atoms with van der Waals surface area (Å²) in [5, 5.41) is 0.568. The highest BCUT2D eigenvalue weighted by molar-refractivity contribution is 7.86. The molecule has 0 saturated carbocycles. The zero-order valence-electron chi connectivity index (χ0n) is 15.0. The van der Waals surface area contributed by atoms with Gasteiger partial charge in [-0.3, -0.25) is 9.59 Å². The first-order chi connectivity index (χ1) is 12.8. The van der Waals surface area contributed by atoms with E-state index in [0.29, 0.717) is 42.8 Å². The topological polar surface area (TPSA) is 101 Å². The van der Waals surface area contributed by atoms with Crippen molar-refractivity contribution in [3.8, 4) is 0 Å². The molecule has 0 bridgehead atoms. The molecule has 148 valence electrons. The maximum absolute atomic E-state index is 13.0. The molecule has 0 aromatic heterocycles. The van der Waals surface area contributed by atoms with Crippen LogP contribution in [0.2, 0.25) is 5.02 Å². The summed E-state index contributed by atoms with van der Waals surface area (Å²) in [4.78, 5) is 24.3. The third-order valence-electron chi connectivity index (χ3n) is 5.36. The Labute approximate surface area is 164 Å². The second kappa shape index (κ2) is 8.26. The van der Waals surface area contributed by atoms with Crippen molar-refractivity contribution in [2.24, 2.45) is 11.7 Å². The molecule has 2 aliphatic rings. The predicted molar refractivity (Wildman–Crippen MR) is 103 cm³/mol. The quantitative estimate of drug-likeness (QED) is 0.744. The first-order valence-corrected chi connectivity index (χ1v) is 10.9. The molecule has 2 saturated heterocycles. The van der Waals surface area contributed by atoms with E-state index in [9.17, 15) is 18.0 Å². The summed E-state index contributed by atoms with van der Waals surface area (Å²) in [5.41, 5.74) is 5.99. The molecule has 0 aliphatic carbocycles. The van der Waals surface area contributed by atoms with Crippen molar-refractivity contribution in [3.63, 3.8) is 0 Å². The molecule has 2 heterocycles. The van der Waals surface area contributed by atoms with Gasteiger partial charge in [0, 0.05) is 36.1 Å². The number of primary amides is 1. The van der Waals surface area contributed by atoms with Gasteiger partial charge in [0.05, 0.1) is 0 Å².